The van der Waals surface area contributed by atoms with Gasteiger partial charge in [-0.15, -0.1) is 5.10 Å². The van der Waals surface area contributed by atoms with Crippen LogP contribution in [0.5, 0.6) is 0 Å². The van der Waals surface area contributed by atoms with Crippen LogP contribution < -0.4 is 5.73 Å². The molecule has 3 rings (SSSR count). The third kappa shape index (κ3) is 5.13. The van der Waals surface area contributed by atoms with E-state index in [0.717, 1.165) is 51.1 Å². The number of carbonyl (C=O) groups excluding carboxylic acids is 1. The Morgan fingerprint density at radius 2 is 1.93 bits per heavy atom. The molecule has 1 saturated heterocycles. The second-order valence-electron chi connectivity index (χ2n) is 7.85. The van der Waals surface area contributed by atoms with Crippen LogP contribution in [0.25, 0.3) is 0 Å². The van der Waals surface area contributed by atoms with Crippen molar-refractivity contribution < 1.29 is 4.79 Å². The molecule has 0 bridgehead atoms. The summed E-state index contributed by atoms with van der Waals surface area (Å²) in [6, 6.07) is 10.6. The molecule has 0 saturated carbocycles. The molecule has 1 atom stereocenters. The van der Waals surface area contributed by atoms with E-state index in [0.29, 0.717) is 5.92 Å². The van der Waals surface area contributed by atoms with Gasteiger partial charge in [-0.25, -0.2) is 4.68 Å². The summed E-state index contributed by atoms with van der Waals surface area (Å²) >= 11 is 0. The van der Waals surface area contributed by atoms with Gasteiger partial charge in [0, 0.05) is 12.5 Å². The van der Waals surface area contributed by atoms with Gasteiger partial charge in [-0.3, -0.25) is 9.69 Å². The van der Waals surface area contributed by atoms with Gasteiger partial charge in [-0.1, -0.05) is 44.2 Å². The van der Waals surface area contributed by atoms with E-state index in [-0.39, 0.29) is 17.9 Å². The van der Waals surface area contributed by atoms with Crippen molar-refractivity contribution in [2.24, 2.45) is 17.6 Å². The summed E-state index contributed by atoms with van der Waals surface area (Å²) in [6.45, 7) is 6.92. The molecule has 1 aliphatic heterocycles. The molecule has 1 aromatic heterocycles. The number of aromatic nitrogens is 4. The minimum Gasteiger partial charge on any atom is -0.369 e. The summed E-state index contributed by atoms with van der Waals surface area (Å²) in [5, 5.41) is 12.6. The lowest BCUT2D eigenvalue weighted by atomic mass is 9.93. The van der Waals surface area contributed by atoms with Gasteiger partial charge in [0.2, 0.25) is 5.91 Å². The average molecular weight is 371 g/mol. The molecule has 7 heteroatoms. The molecule has 146 valence electrons. The van der Waals surface area contributed by atoms with Gasteiger partial charge in [0.25, 0.3) is 0 Å². The lowest BCUT2D eigenvalue weighted by Crippen LogP contribution is -2.41. The first-order valence-electron chi connectivity index (χ1n) is 9.88. The molecule has 7 nitrogen and oxygen atoms in total. The zero-order chi connectivity index (χ0) is 19.2. The van der Waals surface area contributed by atoms with Crippen LogP contribution in [0.3, 0.4) is 0 Å². The Morgan fingerprint density at radius 3 is 2.56 bits per heavy atom. The Morgan fingerprint density at radius 1 is 1.22 bits per heavy atom. The van der Waals surface area contributed by atoms with Crippen LogP contribution in [0, 0.1) is 11.8 Å². The van der Waals surface area contributed by atoms with E-state index < -0.39 is 0 Å². The zero-order valence-corrected chi connectivity index (χ0v) is 16.3. The van der Waals surface area contributed by atoms with Gasteiger partial charge in [-0.05, 0) is 60.7 Å². The zero-order valence-electron chi connectivity index (χ0n) is 16.3. The minimum atomic E-state index is -0.178. The molecule has 2 aromatic rings. The maximum absolute atomic E-state index is 11.5. The van der Waals surface area contributed by atoms with E-state index in [2.05, 4.69) is 58.5 Å². The fourth-order valence-corrected chi connectivity index (χ4v) is 3.85. The summed E-state index contributed by atoms with van der Waals surface area (Å²) in [7, 11) is 0. The van der Waals surface area contributed by atoms with E-state index in [1.807, 2.05) is 10.7 Å². The molecule has 0 aliphatic carbocycles. The highest BCUT2D eigenvalue weighted by Gasteiger charge is 2.31. The summed E-state index contributed by atoms with van der Waals surface area (Å²) in [5.41, 5.74) is 6.77. The number of hydrogen-bond acceptors (Lipinski definition) is 5. The Hall–Kier alpha value is -2.28. The van der Waals surface area contributed by atoms with Crippen LogP contribution in [0.15, 0.2) is 30.3 Å². The van der Waals surface area contributed by atoms with Crippen LogP contribution in [-0.2, 0) is 17.8 Å². The SMILES string of the molecule is CC(C)C[C@@H](c1nnnn1CCc1ccccc1)N1CCC(C(N)=O)CC1. The molecule has 1 aliphatic rings. The molecule has 1 amide bonds. The van der Waals surface area contributed by atoms with E-state index in [9.17, 15) is 4.79 Å². The van der Waals surface area contributed by atoms with Crippen molar-refractivity contribution in [3.63, 3.8) is 0 Å². The summed E-state index contributed by atoms with van der Waals surface area (Å²) in [6.07, 6.45) is 3.52. The summed E-state index contributed by atoms with van der Waals surface area (Å²) in [5.74, 6) is 1.28. The lowest BCUT2D eigenvalue weighted by molar-refractivity contribution is -0.123. The molecule has 27 heavy (non-hydrogen) atoms. The number of primary amides is 1. The maximum Gasteiger partial charge on any atom is 0.220 e. The van der Waals surface area contributed by atoms with Crippen LogP contribution in [0.1, 0.15) is 50.5 Å². The number of nitrogens with zero attached hydrogens (tertiary/aromatic N) is 5. The van der Waals surface area contributed by atoms with Gasteiger partial charge < -0.3 is 5.73 Å². The van der Waals surface area contributed by atoms with Crippen molar-refractivity contribution in [3.8, 4) is 0 Å². The first-order valence-corrected chi connectivity index (χ1v) is 9.88. The molecular weight excluding hydrogens is 340 g/mol. The summed E-state index contributed by atoms with van der Waals surface area (Å²) < 4.78 is 1.94. The number of aryl methyl sites for hydroxylation is 2. The highest BCUT2D eigenvalue weighted by atomic mass is 16.1. The first-order chi connectivity index (χ1) is 13.0. The Balaban J connectivity index is 1.72. The van der Waals surface area contributed by atoms with E-state index in [1.54, 1.807) is 0 Å². The van der Waals surface area contributed by atoms with Crippen molar-refractivity contribution in [2.45, 2.75) is 52.1 Å². The number of likely N-dealkylation sites (tertiary alicyclic amines) is 1. The van der Waals surface area contributed by atoms with Crippen LogP contribution in [0.4, 0.5) is 0 Å². The first kappa shape index (κ1) is 19.5. The van der Waals surface area contributed by atoms with Gasteiger partial charge in [0.15, 0.2) is 5.82 Å². The average Bonchev–Trinajstić information content (AvgIpc) is 3.13. The molecule has 2 heterocycles. The smallest absolute Gasteiger partial charge is 0.220 e. The third-order valence-electron chi connectivity index (χ3n) is 5.38. The van der Waals surface area contributed by atoms with Gasteiger partial charge in [-0.2, -0.15) is 0 Å². The second-order valence-corrected chi connectivity index (χ2v) is 7.85. The Labute approximate surface area is 160 Å². The third-order valence-corrected chi connectivity index (χ3v) is 5.38. The van der Waals surface area contributed by atoms with Crippen LogP contribution >= 0.6 is 0 Å². The fraction of sp³-hybridized carbons (Fsp3) is 0.600. The second kappa shape index (κ2) is 9.08. The number of hydrogen-bond donors (Lipinski definition) is 1. The normalized spacial score (nSPS) is 17.3. The highest BCUT2D eigenvalue weighted by Crippen LogP contribution is 2.30. The van der Waals surface area contributed by atoms with Gasteiger partial charge in [0.05, 0.1) is 6.04 Å². The van der Waals surface area contributed by atoms with E-state index >= 15 is 0 Å². The number of benzene rings is 1. The van der Waals surface area contributed by atoms with Crippen LogP contribution in [0.2, 0.25) is 0 Å². The van der Waals surface area contributed by atoms with Crippen molar-refractivity contribution in [3.05, 3.63) is 41.7 Å². The van der Waals surface area contributed by atoms with Gasteiger partial charge in [0.1, 0.15) is 0 Å². The topological polar surface area (TPSA) is 89.9 Å². The number of amides is 1. The Bertz CT molecular complexity index is 721. The number of tetrazole rings is 1. The van der Waals surface area contributed by atoms with Crippen LogP contribution in [-0.4, -0.2) is 44.1 Å². The van der Waals surface area contributed by atoms with E-state index in [1.165, 1.54) is 5.56 Å². The van der Waals surface area contributed by atoms with Crippen molar-refractivity contribution in [2.75, 3.05) is 13.1 Å². The van der Waals surface area contributed by atoms with Crippen molar-refractivity contribution in [1.29, 1.82) is 0 Å². The molecule has 0 unspecified atom stereocenters. The predicted octanol–water partition coefficient (Wildman–Crippen LogP) is 2.20. The summed E-state index contributed by atoms with van der Waals surface area (Å²) in [4.78, 5) is 13.9. The molecule has 1 fully saturated rings. The largest absolute Gasteiger partial charge is 0.369 e. The van der Waals surface area contributed by atoms with Crippen molar-refractivity contribution >= 4 is 5.91 Å². The molecule has 2 N–H and O–H groups in total. The monoisotopic (exact) mass is 370 g/mol. The molecular formula is C20H30N6O. The molecule has 0 spiro atoms. The highest BCUT2D eigenvalue weighted by molar-refractivity contribution is 5.76. The minimum absolute atomic E-state index is 0.00461. The standard InChI is InChI=1S/C20H30N6O/c1-15(2)14-18(25-11-9-17(10-12-25)19(21)27)20-22-23-24-26(20)13-8-16-6-4-3-5-7-16/h3-7,15,17-18H,8-14H2,1-2H3,(H2,21,27)/t18-/m0/s1. The van der Waals surface area contributed by atoms with Gasteiger partial charge >= 0.3 is 0 Å². The quantitative estimate of drug-likeness (QED) is 0.769. The fourth-order valence-electron chi connectivity index (χ4n) is 3.85. The van der Waals surface area contributed by atoms with E-state index in [4.69, 9.17) is 5.73 Å². The number of nitrogens with two attached hydrogens (primary N) is 1. The molecule has 1 aromatic carbocycles. The number of rotatable bonds is 8. The lowest BCUT2D eigenvalue weighted by Gasteiger charge is -2.36. The number of carbonyl (C=O) groups is 1. The van der Waals surface area contributed by atoms with Crippen molar-refractivity contribution in [1.82, 2.24) is 25.1 Å². The predicted molar refractivity (Wildman–Crippen MR) is 104 cm³/mol. The molecule has 0 radical (unpaired) electrons. The number of piperidine rings is 1. The maximum atomic E-state index is 11.5. The Kier molecular flexibility index (Phi) is 6.55.